The van der Waals surface area contributed by atoms with Gasteiger partial charge >= 0.3 is 41.5 Å². The van der Waals surface area contributed by atoms with E-state index in [1.54, 1.807) is 0 Å². The Kier molecular flexibility index (Phi) is 52.5. The topological polar surface area (TPSA) is 104 Å². The van der Waals surface area contributed by atoms with Crippen LogP contribution < -0.4 is 34.7 Å². The van der Waals surface area contributed by atoms with Gasteiger partial charge in [0.2, 0.25) is 0 Å². The Labute approximate surface area is 338 Å². The van der Waals surface area contributed by atoms with Crippen molar-refractivity contribution in [1.29, 1.82) is 0 Å². The molecule has 296 valence electrons. The molecule has 0 aromatic heterocycles. The fraction of sp³-hybridized carbons (Fsp3) is 0.886. The first-order chi connectivity index (χ1) is 24.4. The maximum Gasteiger partial charge on any atom is 1.00 e. The average molecular weight is 731 g/mol. The zero-order valence-corrected chi connectivity index (χ0v) is 36.3. The summed E-state index contributed by atoms with van der Waals surface area (Å²) in [4.78, 5) is 31.6. The first kappa shape index (κ1) is 54.5. The first-order valence-corrected chi connectivity index (χ1v) is 21.7. The van der Waals surface area contributed by atoms with E-state index in [2.05, 4.69) is 13.8 Å². The van der Waals surface area contributed by atoms with Crippen molar-refractivity contribution in [3.63, 3.8) is 0 Å². The molecule has 0 spiro atoms. The van der Waals surface area contributed by atoms with Gasteiger partial charge in [-0.2, -0.15) is 0 Å². The van der Waals surface area contributed by atoms with E-state index in [0.717, 1.165) is 37.8 Å². The van der Waals surface area contributed by atoms with E-state index in [4.69, 9.17) is 9.84 Å². The van der Waals surface area contributed by atoms with E-state index in [1.165, 1.54) is 199 Å². The number of carbonyl (C=O) groups is 3. The molecule has 0 radical (unpaired) electrons. The summed E-state index contributed by atoms with van der Waals surface area (Å²) in [5.74, 6) is -2.61. The summed E-state index contributed by atoms with van der Waals surface area (Å²) in [5, 5.41) is 18.7. The third kappa shape index (κ3) is 56.1. The van der Waals surface area contributed by atoms with Crippen molar-refractivity contribution in [3.05, 3.63) is 12.2 Å². The Hall–Kier alpha value is -0.850. The van der Waals surface area contributed by atoms with Gasteiger partial charge in [-0.15, -0.1) is 0 Å². The summed E-state index contributed by atoms with van der Waals surface area (Å²) in [6, 6.07) is 0. The van der Waals surface area contributed by atoms with Gasteiger partial charge in [0.15, 0.2) is 0 Å². The summed E-state index contributed by atoms with van der Waals surface area (Å²) in [5.41, 5.74) is 0. The van der Waals surface area contributed by atoms with Crippen LogP contribution in [0.2, 0.25) is 0 Å². The SMILES string of the molecule is CCCCCCCCCCCCCCCCCCCCCC(=O)[O-].CCCCCCCCCCCCCCCCCCOC(=O)/C=C/C(=O)O.[Na+]. The molecular formula is C44H83NaO6. The number of carboxylic acids is 2. The van der Waals surface area contributed by atoms with Crippen LogP contribution in [0.15, 0.2) is 12.2 Å². The number of unbranched alkanes of at least 4 members (excludes halogenated alkanes) is 33. The second-order valence-corrected chi connectivity index (χ2v) is 14.6. The summed E-state index contributed by atoms with van der Waals surface area (Å²) in [6.07, 6.45) is 48.5. The Morgan fingerprint density at radius 3 is 0.941 bits per heavy atom. The molecule has 0 amide bonds. The van der Waals surface area contributed by atoms with E-state index in [-0.39, 0.29) is 36.0 Å². The van der Waals surface area contributed by atoms with Crippen molar-refractivity contribution in [3.8, 4) is 0 Å². The number of carboxylic acid groups (broad SMARTS) is 2. The molecular weight excluding hydrogens is 647 g/mol. The predicted molar refractivity (Wildman–Crippen MR) is 210 cm³/mol. The third-order valence-corrected chi connectivity index (χ3v) is 9.59. The van der Waals surface area contributed by atoms with Crippen LogP contribution in [0, 0.1) is 0 Å². The van der Waals surface area contributed by atoms with Crippen LogP contribution in [0.4, 0.5) is 0 Å². The molecule has 0 saturated carbocycles. The number of esters is 1. The Bertz CT molecular complexity index is 741. The maximum absolute atomic E-state index is 11.1. The van der Waals surface area contributed by atoms with Gasteiger partial charge in [-0.25, -0.2) is 9.59 Å². The second kappa shape index (κ2) is 49.1. The minimum Gasteiger partial charge on any atom is -0.550 e. The third-order valence-electron chi connectivity index (χ3n) is 9.59. The van der Waals surface area contributed by atoms with Crippen molar-refractivity contribution >= 4 is 17.9 Å². The molecule has 1 N–H and O–H groups in total. The molecule has 51 heavy (non-hydrogen) atoms. The Morgan fingerprint density at radius 2 is 0.686 bits per heavy atom. The number of rotatable bonds is 39. The van der Waals surface area contributed by atoms with Crippen LogP contribution in [0.3, 0.4) is 0 Å². The number of carbonyl (C=O) groups excluding carboxylic acids is 2. The molecule has 0 atom stereocenters. The molecule has 0 unspecified atom stereocenters. The molecule has 0 aliphatic rings. The predicted octanol–water partition coefficient (Wildman–Crippen LogP) is 9.99. The number of hydrogen-bond acceptors (Lipinski definition) is 5. The van der Waals surface area contributed by atoms with Gasteiger partial charge in [0.05, 0.1) is 6.61 Å². The molecule has 6 nitrogen and oxygen atoms in total. The van der Waals surface area contributed by atoms with Crippen molar-refractivity contribution in [2.75, 3.05) is 6.61 Å². The van der Waals surface area contributed by atoms with Gasteiger partial charge in [-0.3, -0.25) is 0 Å². The van der Waals surface area contributed by atoms with Crippen molar-refractivity contribution < 1.29 is 58.9 Å². The molecule has 0 rings (SSSR count). The molecule has 0 bridgehead atoms. The number of hydrogen-bond donors (Lipinski definition) is 1. The van der Waals surface area contributed by atoms with Crippen LogP contribution >= 0.6 is 0 Å². The standard InChI is InChI=1S/C22H40O4.C22H44O2.Na/c1-2-3-4-5-6-7-8-9-10-11-12-13-14-15-16-17-20-26-22(25)19-18-21(23)24;1-2-3-4-5-6-7-8-9-10-11-12-13-14-15-16-17-18-19-20-21-22(23)24;/h18-19H,2-17,20H2,1H3,(H,23,24);2-21H2,1H3,(H,23,24);/q;;+1/p-1/b19-18+;;. The summed E-state index contributed by atoms with van der Waals surface area (Å²) in [6.45, 7) is 4.92. The van der Waals surface area contributed by atoms with Crippen LogP contribution in [0.25, 0.3) is 0 Å². The van der Waals surface area contributed by atoms with Gasteiger partial charge < -0.3 is 19.7 Å². The fourth-order valence-corrected chi connectivity index (χ4v) is 6.36. The fourth-order valence-electron chi connectivity index (χ4n) is 6.36. The van der Waals surface area contributed by atoms with Gasteiger partial charge in [0.1, 0.15) is 0 Å². The van der Waals surface area contributed by atoms with Gasteiger partial charge in [0, 0.05) is 18.1 Å². The van der Waals surface area contributed by atoms with Crippen LogP contribution in [0.1, 0.15) is 245 Å². The van der Waals surface area contributed by atoms with E-state index >= 15 is 0 Å². The van der Waals surface area contributed by atoms with Crippen LogP contribution in [0.5, 0.6) is 0 Å². The number of ether oxygens (including phenoxy) is 1. The van der Waals surface area contributed by atoms with Crippen molar-refractivity contribution in [2.24, 2.45) is 0 Å². The van der Waals surface area contributed by atoms with Crippen LogP contribution in [-0.4, -0.2) is 29.6 Å². The van der Waals surface area contributed by atoms with Gasteiger partial charge in [0.25, 0.3) is 0 Å². The minimum absolute atomic E-state index is 0. The molecule has 0 saturated heterocycles. The Balaban J connectivity index is -0.000000889. The van der Waals surface area contributed by atoms with Crippen molar-refractivity contribution in [1.82, 2.24) is 0 Å². The van der Waals surface area contributed by atoms with E-state index < -0.39 is 17.9 Å². The molecule has 0 heterocycles. The summed E-state index contributed by atoms with van der Waals surface area (Å²) >= 11 is 0. The normalized spacial score (nSPS) is 10.9. The van der Waals surface area contributed by atoms with Gasteiger partial charge in [-0.05, 0) is 19.3 Å². The molecule has 0 aliphatic heterocycles. The van der Waals surface area contributed by atoms with E-state index in [1.807, 2.05) is 0 Å². The molecule has 0 aromatic carbocycles. The zero-order chi connectivity index (χ0) is 37.0. The summed E-state index contributed by atoms with van der Waals surface area (Å²) < 4.78 is 4.92. The first-order valence-electron chi connectivity index (χ1n) is 21.7. The zero-order valence-electron chi connectivity index (χ0n) is 34.3. The largest absolute Gasteiger partial charge is 1.00 e. The summed E-state index contributed by atoms with van der Waals surface area (Å²) in [7, 11) is 0. The molecule has 0 fully saturated rings. The Morgan fingerprint density at radius 1 is 0.431 bits per heavy atom. The van der Waals surface area contributed by atoms with Crippen LogP contribution in [-0.2, 0) is 19.1 Å². The quantitative estimate of drug-likeness (QED) is 0.0292. The smallest absolute Gasteiger partial charge is 0.550 e. The van der Waals surface area contributed by atoms with Crippen molar-refractivity contribution in [2.45, 2.75) is 245 Å². The monoisotopic (exact) mass is 731 g/mol. The molecule has 0 aliphatic carbocycles. The second-order valence-electron chi connectivity index (χ2n) is 14.6. The number of aliphatic carboxylic acids is 2. The molecule has 0 aromatic rings. The maximum atomic E-state index is 11.1. The van der Waals surface area contributed by atoms with Gasteiger partial charge in [-0.1, -0.05) is 226 Å². The van der Waals surface area contributed by atoms with E-state index in [0.29, 0.717) is 6.61 Å². The average Bonchev–Trinajstić information content (AvgIpc) is 3.10. The van der Waals surface area contributed by atoms with E-state index in [9.17, 15) is 19.5 Å². The molecule has 7 heteroatoms. The minimum atomic E-state index is -1.13.